The predicted octanol–water partition coefficient (Wildman–Crippen LogP) is 6.09. The van der Waals surface area contributed by atoms with E-state index in [2.05, 4.69) is 50.9 Å². The minimum absolute atomic E-state index is 0.00944. The normalized spacial score (nSPS) is 42.0. The van der Waals surface area contributed by atoms with E-state index in [1.165, 1.54) is 12.0 Å². The number of aromatic carboxylic acids is 1. The van der Waals surface area contributed by atoms with Crippen molar-refractivity contribution in [2.75, 3.05) is 44.3 Å². The lowest BCUT2D eigenvalue weighted by Crippen LogP contribution is -2.68. The van der Waals surface area contributed by atoms with E-state index in [0.717, 1.165) is 70.0 Å². The number of allylic oxidation sites excluding steroid dienone is 2. The maximum Gasteiger partial charge on any atom is 0.335 e. The third-order valence-electron chi connectivity index (χ3n) is 16.4. The number of nitrogens with one attached hydrogen (secondary N) is 1. The number of rotatable bonds is 8. The zero-order chi connectivity index (χ0) is 35.9. The molecule has 1 saturated heterocycles. The number of aliphatic hydroxyl groups is 1. The lowest BCUT2D eigenvalue weighted by Gasteiger charge is -2.72. The third kappa shape index (κ3) is 5.49. The summed E-state index contributed by atoms with van der Waals surface area (Å²) in [4.78, 5) is 27.3. The fraction of sp³-hybridized carbons (Fsp3) is 0.756. The highest BCUT2D eigenvalue weighted by atomic mass is 32.2. The summed E-state index contributed by atoms with van der Waals surface area (Å²) in [6, 6.07) is 7.45. The highest BCUT2D eigenvalue weighted by molar-refractivity contribution is 7.91. The first-order chi connectivity index (χ1) is 23.5. The average molecular weight is 709 g/mol. The van der Waals surface area contributed by atoms with Gasteiger partial charge in [-0.2, -0.15) is 0 Å². The number of ketones is 1. The van der Waals surface area contributed by atoms with Crippen molar-refractivity contribution in [2.45, 2.75) is 97.9 Å². The molecule has 9 atom stereocenters. The maximum absolute atomic E-state index is 13.5. The van der Waals surface area contributed by atoms with Gasteiger partial charge in [0.05, 0.1) is 17.1 Å². The summed E-state index contributed by atoms with van der Waals surface area (Å²) in [6.45, 7) is 15.0. The van der Waals surface area contributed by atoms with Crippen LogP contribution in [0.2, 0.25) is 0 Å². The molecule has 0 spiro atoms. The number of carboxylic acids is 1. The first kappa shape index (κ1) is 36.3. The molecule has 9 heteroatoms. The van der Waals surface area contributed by atoms with E-state index < -0.39 is 15.8 Å². The number of carbonyl (C=O) groups excluding carboxylic acids is 1. The summed E-state index contributed by atoms with van der Waals surface area (Å²) in [5.41, 5.74) is 2.98. The second-order valence-corrected chi connectivity index (χ2v) is 20.8. The molecule has 0 aromatic heterocycles. The van der Waals surface area contributed by atoms with Gasteiger partial charge in [-0.05, 0) is 126 Å². The van der Waals surface area contributed by atoms with Crippen LogP contribution in [0.5, 0.6) is 0 Å². The molecule has 7 rings (SSSR count). The largest absolute Gasteiger partial charge is 0.478 e. The van der Waals surface area contributed by atoms with E-state index in [1.807, 2.05) is 12.1 Å². The van der Waals surface area contributed by atoms with Crippen LogP contribution < -0.4 is 5.32 Å². The molecule has 276 valence electrons. The zero-order valence-electron chi connectivity index (χ0n) is 31.0. The van der Waals surface area contributed by atoms with E-state index >= 15 is 0 Å². The van der Waals surface area contributed by atoms with Gasteiger partial charge in [-0.3, -0.25) is 4.79 Å². The van der Waals surface area contributed by atoms with Gasteiger partial charge in [0.25, 0.3) is 0 Å². The summed E-state index contributed by atoms with van der Waals surface area (Å²) >= 11 is 0. The van der Waals surface area contributed by atoms with Crippen molar-refractivity contribution < 1.29 is 28.2 Å². The van der Waals surface area contributed by atoms with Gasteiger partial charge in [-0.25, -0.2) is 13.2 Å². The second kappa shape index (κ2) is 12.5. The predicted molar refractivity (Wildman–Crippen MR) is 196 cm³/mol. The summed E-state index contributed by atoms with van der Waals surface area (Å²) in [5.74, 6) is 1.16. The van der Waals surface area contributed by atoms with Gasteiger partial charge < -0.3 is 20.4 Å². The van der Waals surface area contributed by atoms with Crippen molar-refractivity contribution in [3.05, 3.63) is 41.5 Å². The Morgan fingerprint density at radius 1 is 0.880 bits per heavy atom. The van der Waals surface area contributed by atoms with Crippen molar-refractivity contribution in [1.29, 1.82) is 0 Å². The first-order valence-corrected chi connectivity index (χ1v) is 21.2. The fourth-order valence-electron chi connectivity index (χ4n) is 13.7. The van der Waals surface area contributed by atoms with Crippen molar-refractivity contribution >= 4 is 27.2 Å². The minimum atomic E-state index is -2.91. The Kier molecular flexibility index (Phi) is 9.09. The van der Waals surface area contributed by atoms with Crippen molar-refractivity contribution in [3.63, 3.8) is 0 Å². The molecule has 1 aromatic rings. The molecule has 50 heavy (non-hydrogen) atoms. The fourth-order valence-corrected chi connectivity index (χ4v) is 15.0. The Balaban J connectivity index is 1.16. The van der Waals surface area contributed by atoms with Crippen LogP contribution in [0.1, 0.15) is 108 Å². The molecular formula is C41H60N2O6S. The highest BCUT2D eigenvalue weighted by Crippen LogP contribution is 2.76. The highest BCUT2D eigenvalue weighted by Gasteiger charge is 2.70. The topological polar surface area (TPSA) is 124 Å². The van der Waals surface area contributed by atoms with Gasteiger partial charge in [-0.1, -0.05) is 52.8 Å². The molecule has 1 aromatic carbocycles. The molecule has 0 amide bonds. The lowest BCUT2D eigenvalue weighted by molar-refractivity contribution is -0.220. The average Bonchev–Trinajstić information content (AvgIpc) is 3.45. The smallest absolute Gasteiger partial charge is 0.335 e. The second-order valence-electron chi connectivity index (χ2n) is 18.5. The Hall–Kier alpha value is -2.07. The van der Waals surface area contributed by atoms with Crippen molar-refractivity contribution in [3.8, 4) is 0 Å². The molecule has 1 aliphatic heterocycles. The number of nitrogens with zero attached hydrogens (tertiary/aromatic N) is 1. The number of aliphatic hydroxyl groups excluding tert-OH is 1. The number of hydrogen-bond acceptors (Lipinski definition) is 7. The Bertz CT molecular complexity index is 1640. The van der Waals surface area contributed by atoms with Crippen LogP contribution in [-0.4, -0.2) is 85.1 Å². The Morgan fingerprint density at radius 3 is 2.24 bits per heavy atom. The molecule has 5 fully saturated rings. The number of hydrogen-bond donors (Lipinski definition) is 3. The van der Waals surface area contributed by atoms with Crippen LogP contribution in [0.25, 0.3) is 5.57 Å². The van der Waals surface area contributed by atoms with Crippen LogP contribution in [-0.2, 0) is 14.6 Å². The van der Waals surface area contributed by atoms with Crippen LogP contribution in [0.15, 0.2) is 30.3 Å². The number of fused-ring (bicyclic) bond motifs is 7. The maximum atomic E-state index is 13.5. The summed E-state index contributed by atoms with van der Waals surface area (Å²) in [6.07, 6.45) is 12.1. The molecule has 5 aliphatic carbocycles. The van der Waals surface area contributed by atoms with E-state index in [9.17, 15) is 28.2 Å². The molecule has 3 N–H and O–H groups in total. The standard InChI is InChI=1S/C41H60N2O6S/c1-37(2)30(27-6-8-28(9-7-27)36(46)47)13-15-38(3)33(37)14-16-40(5)34(38)11-10-31-35-29(32(45)26-44)12-17-41(35,19-18-39(31,40)4)42-20-21-43-22-24-50(48,49)25-23-43/h6-9,13,29,31,33-35,42,44H,10-12,14-26H2,1-5H3,(H,46,47)/t29-,31+,33-,34+,35+,38-,39+,40+,41-/m0/s1. The van der Waals surface area contributed by atoms with E-state index in [0.29, 0.717) is 36.4 Å². The quantitative estimate of drug-likeness (QED) is 0.297. The third-order valence-corrected chi connectivity index (χ3v) is 18.0. The first-order valence-electron chi connectivity index (χ1n) is 19.4. The van der Waals surface area contributed by atoms with Crippen molar-refractivity contribution in [2.24, 2.45) is 51.2 Å². The minimum Gasteiger partial charge on any atom is -0.478 e. The van der Waals surface area contributed by atoms with Gasteiger partial charge in [0.2, 0.25) is 0 Å². The molecule has 0 unspecified atom stereocenters. The number of sulfone groups is 1. The Morgan fingerprint density at radius 2 is 1.58 bits per heavy atom. The molecule has 4 saturated carbocycles. The summed E-state index contributed by atoms with van der Waals surface area (Å²) in [5, 5.41) is 23.7. The number of carbonyl (C=O) groups is 2. The van der Waals surface area contributed by atoms with Gasteiger partial charge >= 0.3 is 5.97 Å². The van der Waals surface area contributed by atoms with Gasteiger partial charge in [0, 0.05) is 37.6 Å². The van der Waals surface area contributed by atoms with E-state index in [4.69, 9.17) is 0 Å². The Labute approximate surface area is 299 Å². The summed E-state index contributed by atoms with van der Waals surface area (Å²) in [7, 11) is -2.91. The molecule has 1 heterocycles. The molecular weight excluding hydrogens is 649 g/mol. The number of carboxylic acid groups (broad SMARTS) is 1. The number of Topliss-reactive ketones (excluding diaryl/α,β-unsaturated/α-hetero) is 1. The summed E-state index contributed by atoms with van der Waals surface area (Å²) < 4.78 is 24.0. The van der Waals surface area contributed by atoms with E-state index in [1.54, 1.807) is 12.1 Å². The SMILES string of the molecule is CC1(C)C(c2ccc(C(=O)O)cc2)=CC[C@]2(C)[C@H]3CC[C@@H]4[C@H]5[C@H](C(=O)CO)CC[C@]5(NCCN5CCS(=O)(=O)CC5)CC[C@@]4(C)[C@]3(C)CC[C@@H]12. The molecule has 0 bridgehead atoms. The van der Waals surface area contributed by atoms with Gasteiger partial charge in [0.15, 0.2) is 15.6 Å². The van der Waals surface area contributed by atoms with Gasteiger partial charge in [0.1, 0.15) is 6.61 Å². The number of benzene rings is 1. The molecule has 6 aliphatic rings. The zero-order valence-corrected chi connectivity index (χ0v) is 31.8. The molecule has 0 radical (unpaired) electrons. The van der Waals surface area contributed by atoms with Crippen LogP contribution in [0.3, 0.4) is 0 Å². The van der Waals surface area contributed by atoms with E-state index in [-0.39, 0.29) is 62.9 Å². The monoisotopic (exact) mass is 708 g/mol. The van der Waals surface area contributed by atoms with Crippen molar-refractivity contribution in [1.82, 2.24) is 10.2 Å². The van der Waals surface area contributed by atoms with Crippen LogP contribution in [0, 0.1) is 51.2 Å². The van der Waals surface area contributed by atoms with Crippen LogP contribution in [0.4, 0.5) is 0 Å². The van der Waals surface area contributed by atoms with Gasteiger partial charge in [-0.15, -0.1) is 0 Å². The lowest BCUT2D eigenvalue weighted by atomic mass is 9.33. The van der Waals surface area contributed by atoms with Crippen LogP contribution >= 0.6 is 0 Å². The molecule has 8 nitrogen and oxygen atoms in total.